The summed E-state index contributed by atoms with van der Waals surface area (Å²) in [5.74, 6) is 3.54. The van der Waals surface area contributed by atoms with Gasteiger partial charge in [0.1, 0.15) is 0 Å². The smallest absolute Gasteiger partial charge is 0.226 e. The van der Waals surface area contributed by atoms with Gasteiger partial charge >= 0.3 is 0 Å². The van der Waals surface area contributed by atoms with Crippen LogP contribution < -0.4 is 10.6 Å². The first-order chi connectivity index (χ1) is 12.5. The molecule has 4 fully saturated rings. The van der Waals surface area contributed by atoms with Crippen LogP contribution in [-0.4, -0.2) is 11.8 Å². The summed E-state index contributed by atoms with van der Waals surface area (Å²) in [5, 5.41) is 6.07. The molecule has 4 nitrogen and oxygen atoms in total. The standard InChI is InChI=1S/C22H30N2O2/c1-13(2)21(25)24-19-5-3-14(4-6-19)12-23-22(26)20-17-8-15-7-16(10-17)11-18(20)9-15/h3-6,13,15-18,20H,7-12H2,1-2H3,(H,23,26)(H,24,25). The number of hydrogen-bond donors (Lipinski definition) is 2. The maximum absolute atomic E-state index is 12.8. The Kier molecular flexibility index (Phi) is 4.76. The number of benzene rings is 1. The van der Waals surface area contributed by atoms with Crippen molar-refractivity contribution in [1.29, 1.82) is 0 Å². The Morgan fingerprint density at radius 3 is 2.08 bits per heavy atom. The van der Waals surface area contributed by atoms with E-state index in [1.165, 1.54) is 32.1 Å². The Hall–Kier alpha value is -1.84. The summed E-state index contributed by atoms with van der Waals surface area (Å²) >= 11 is 0. The molecule has 0 spiro atoms. The minimum absolute atomic E-state index is 0.0212. The SMILES string of the molecule is CC(C)C(=O)Nc1ccc(CNC(=O)C2C3CC4CC(C3)CC2C4)cc1. The van der Waals surface area contributed by atoms with Crippen LogP contribution in [-0.2, 0) is 16.1 Å². The predicted molar refractivity (Wildman–Crippen MR) is 102 cm³/mol. The van der Waals surface area contributed by atoms with Gasteiger partial charge in [-0.05, 0) is 73.5 Å². The van der Waals surface area contributed by atoms with Crippen LogP contribution in [0.25, 0.3) is 0 Å². The number of nitrogens with one attached hydrogen (secondary N) is 2. The van der Waals surface area contributed by atoms with E-state index in [-0.39, 0.29) is 23.7 Å². The monoisotopic (exact) mass is 354 g/mol. The van der Waals surface area contributed by atoms with Crippen LogP contribution in [0.3, 0.4) is 0 Å². The molecule has 4 saturated carbocycles. The highest BCUT2D eigenvalue weighted by atomic mass is 16.2. The molecule has 5 rings (SSSR count). The van der Waals surface area contributed by atoms with Crippen LogP contribution in [0, 0.1) is 35.5 Å². The van der Waals surface area contributed by atoms with Gasteiger partial charge in [0, 0.05) is 24.1 Å². The van der Waals surface area contributed by atoms with Crippen LogP contribution in [0.15, 0.2) is 24.3 Å². The molecule has 4 bridgehead atoms. The molecule has 4 aliphatic carbocycles. The highest BCUT2D eigenvalue weighted by Gasteiger charge is 2.50. The van der Waals surface area contributed by atoms with Crippen LogP contribution in [0.4, 0.5) is 5.69 Å². The molecule has 0 unspecified atom stereocenters. The van der Waals surface area contributed by atoms with Crippen molar-refractivity contribution in [3.8, 4) is 0 Å². The zero-order valence-corrected chi connectivity index (χ0v) is 15.8. The van der Waals surface area contributed by atoms with Crippen molar-refractivity contribution < 1.29 is 9.59 Å². The lowest BCUT2D eigenvalue weighted by atomic mass is 9.51. The van der Waals surface area contributed by atoms with Crippen molar-refractivity contribution in [3.05, 3.63) is 29.8 Å². The average Bonchev–Trinajstić information content (AvgIpc) is 2.60. The predicted octanol–water partition coefficient (Wildman–Crippen LogP) is 3.97. The molecule has 0 heterocycles. The van der Waals surface area contributed by atoms with E-state index in [9.17, 15) is 9.59 Å². The van der Waals surface area contributed by atoms with E-state index in [1.54, 1.807) is 0 Å². The van der Waals surface area contributed by atoms with Crippen molar-refractivity contribution in [1.82, 2.24) is 5.32 Å². The largest absolute Gasteiger partial charge is 0.352 e. The van der Waals surface area contributed by atoms with Crippen LogP contribution in [0.2, 0.25) is 0 Å². The normalized spacial score (nSPS) is 31.9. The van der Waals surface area contributed by atoms with Crippen LogP contribution in [0.1, 0.15) is 51.5 Å². The summed E-state index contributed by atoms with van der Waals surface area (Å²) in [6.45, 7) is 4.33. The molecule has 26 heavy (non-hydrogen) atoms. The quantitative estimate of drug-likeness (QED) is 0.840. The Bertz CT molecular complexity index is 652. The summed E-state index contributed by atoms with van der Waals surface area (Å²) in [7, 11) is 0. The number of carbonyl (C=O) groups is 2. The highest BCUT2D eigenvalue weighted by molar-refractivity contribution is 5.92. The topological polar surface area (TPSA) is 58.2 Å². The first-order valence-electron chi connectivity index (χ1n) is 10.2. The second-order valence-electron chi connectivity index (χ2n) is 9.02. The lowest BCUT2D eigenvalue weighted by Crippen LogP contribution is -2.50. The third kappa shape index (κ3) is 3.51. The van der Waals surface area contributed by atoms with E-state index >= 15 is 0 Å². The molecule has 4 aliphatic rings. The highest BCUT2D eigenvalue weighted by Crippen LogP contribution is 2.56. The number of anilines is 1. The molecule has 0 radical (unpaired) electrons. The molecule has 4 heteroatoms. The molecular weight excluding hydrogens is 324 g/mol. The second kappa shape index (κ2) is 7.05. The first kappa shape index (κ1) is 17.6. The number of amides is 2. The molecule has 0 aromatic heterocycles. The van der Waals surface area contributed by atoms with Crippen molar-refractivity contribution in [2.75, 3.05) is 5.32 Å². The van der Waals surface area contributed by atoms with Gasteiger partial charge in [-0.3, -0.25) is 9.59 Å². The Balaban J connectivity index is 1.31. The van der Waals surface area contributed by atoms with Crippen LogP contribution in [0.5, 0.6) is 0 Å². The second-order valence-corrected chi connectivity index (χ2v) is 9.02. The van der Waals surface area contributed by atoms with Gasteiger partial charge in [0.25, 0.3) is 0 Å². The van der Waals surface area contributed by atoms with Gasteiger partial charge in [-0.2, -0.15) is 0 Å². The molecule has 0 atom stereocenters. The van der Waals surface area contributed by atoms with E-state index in [0.29, 0.717) is 18.4 Å². The summed E-state index contributed by atoms with van der Waals surface area (Å²) in [6, 6.07) is 7.77. The van der Waals surface area contributed by atoms with Crippen molar-refractivity contribution >= 4 is 17.5 Å². The molecule has 1 aromatic rings. The Labute approximate surface area is 156 Å². The summed E-state index contributed by atoms with van der Waals surface area (Å²) in [4.78, 5) is 24.6. The fourth-order valence-electron chi connectivity index (χ4n) is 5.65. The molecule has 0 aliphatic heterocycles. The fraction of sp³-hybridized carbons (Fsp3) is 0.636. The maximum Gasteiger partial charge on any atom is 0.226 e. The van der Waals surface area contributed by atoms with Gasteiger partial charge in [0.05, 0.1) is 0 Å². The van der Waals surface area contributed by atoms with E-state index in [0.717, 1.165) is 23.1 Å². The first-order valence-corrected chi connectivity index (χ1v) is 10.2. The molecule has 2 amide bonds. The third-order valence-electron chi connectivity index (χ3n) is 6.74. The van der Waals surface area contributed by atoms with Gasteiger partial charge < -0.3 is 10.6 Å². The van der Waals surface area contributed by atoms with Gasteiger partial charge in [0.15, 0.2) is 0 Å². The zero-order valence-electron chi connectivity index (χ0n) is 15.8. The van der Waals surface area contributed by atoms with E-state index in [4.69, 9.17) is 0 Å². The molecule has 0 saturated heterocycles. The molecule has 1 aromatic carbocycles. The van der Waals surface area contributed by atoms with Crippen molar-refractivity contribution in [2.45, 2.75) is 52.5 Å². The zero-order chi connectivity index (χ0) is 18.3. The Morgan fingerprint density at radius 2 is 1.54 bits per heavy atom. The Morgan fingerprint density at radius 1 is 0.962 bits per heavy atom. The minimum Gasteiger partial charge on any atom is -0.352 e. The average molecular weight is 354 g/mol. The number of carbonyl (C=O) groups excluding carboxylic acids is 2. The third-order valence-corrected chi connectivity index (χ3v) is 6.74. The summed E-state index contributed by atoms with van der Waals surface area (Å²) < 4.78 is 0. The summed E-state index contributed by atoms with van der Waals surface area (Å²) in [5.41, 5.74) is 1.88. The number of rotatable bonds is 5. The van der Waals surface area contributed by atoms with Crippen LogP contribution >= 0.6 is 0 Å². The van der Waals surface area contributed by atoms with Crippen molar-refractivity contribution in [3.63, 3.8) is 0 Å². The molecule has 140 valence electrons. The number of hydrogen-bond acceptors (Lipinski definition) is 2. The lowest BCUT2D eigenvalue weighted by Gasteiger charge is -2.53. The van der Waals surface area contributed by atoms with Crippen molar-refractivity contribution in [2.24, 2.45) is 35.5 Å². The lowest BCUT2D eigenvalue weighted by molar-refractivity contribution is -0.138. The van der Waals surface area contributed by atoms with Gasteiger partial charge in [-0.25, -0.2) is 0 Å². The molecule has 2 N–H and O–H groups in total. The van der Waals surface area contributed by atoms with Gasteiger partial charge in [0.2, 0.25) is 11.8 Å². The molecular formula is C22H30N2O2. The van der Waals surface area contributed by atoms with Gasteiger partial charge in [-0.1, -0.05) is 26.0 Å². The maximum atomic E-state index is 12.8. The van der Waals surface area contributed by atoms with E-state index < -0.39 is 0 Å². The summed E-state index contributed by atoms with van der Waals surface area (Å²) in [6.07, 6.45) is 6.51. The van der Waals surface area contributed by atoms with E-state index in [1.807, 2.05) is 38.1 Å². The fourth-order valence-corrected chi connectivity index (χ4v) is 5.65. The van der Waals surface area contributed by atoms with Gasteiger partial charge in [-0.15, -0.1) is 0 Å². The minimum atomic E-state index is -0.0325. The van der Waals surface area contributed by atoms with E-state index in [2.05, 4.69) is 10.6 Å².